The highest BCUT2D eigenvalue weighted by Gasteiger charge is 2.16. The first-order valence-corrected chi connectivity index (χ1v) is 6.83. The molecule has 1 aromatic rings. The summed E-state index contributed by atoms with van der Waals surface area (Å²) >= 11 is 3.32. The first-order valence-electron chi connectivity index (χ1n) is 4.19. The van der Waals surface area contributed by atoms with Crippen molar-refractivity contribution in [2.45, 2.75) is 6.92 Å². The standard InChI is InChI=1S/C9H12BrNO2S/c1-3-11(14(2,12)13)9-7-5-4-6-8(9)10/h4-7H,3H2,1-2H3. The number of sulfonamides is 1. The summed E-state index contributed by atoms with van der Waals surface area (Å²) in [5, 5.41) is 0. The van der Waals surface area contributed by atoms with Gasteiger partial charge in [-0.05, 0) is 35.0 Å². The van der Waals surface area contributed by atoms with E-state index in [1.807, 2.05) is 18.2 Å². The summed E-state index contributed by atoms with van der Waals surface area (Å²) in [5.74, 6) is 0. The maximum Gasteiger partial charge on any atom is 0.232 e. The van der Waals surface area contributed by atoms with Crippen LogP contribution in [0.3, 0.4) is 0 Å². The Morgan fingerprint density at radius 3 is 2.36 bits per heavy atom. The van der Waals surface area contributed by atoms with Crippen LogP contribution in [0.1, 0.15) is 6.92 Å². The minimum Gasteiger partial charge on any atom is -0.270 e. The van der Waals surface area contributed by atoms with E-state index in [1.165, 1.54) is 10.6 Å². The molecule has 0 aliphatic rings. The zero-order valence-corrected chi connectivity index (χ0v) is 10.5. The van der Waals surface area contributed by atoms with Gasteiger partial charge in [0.15, 0.2) is 0 Å². The second-order valence-electron chi connectivity index (χ2n) is 2.88. The molecule has 0 bridgehead atoms. The van der Waals surface area contributed by atoms with Gasteiger partial charge < -0.3 is 0 Å². The van der Waals surface area contributed by atoms with E-state index < -0.39 is 10.0 Å². The topological polar surface area (TPSA) is 37.4 Å². The van der Waals surface area contributed by atoms with Crippen LogP contribution in [-0.4, -0.2) is 21.2 Å². The molecule has 0 unspecified atom stereocenters. The van der Waals surface area contributed by atoms with Crippen LogP contribution in [0.15, 0.2) is 28.7 Å². The highest BCUT2D eigenvalue weighted by Crippen LogP contribution is 2.26. The van der Waals surface area contributed by atoms with E-state index in [0.717, 1.165) is 4.47 Å². The highest BCUT2D eigenvalue weighted by molar-refractivity contribution is 9.10. The Hall–Kier alpha value is -0.550. The molecule has 0 saturated heterocycles. The fourth-order valence-corrected chi connectivity index (χ4v) is 2.84. The lowest BCUT2D eigenvalue weighted by molar-refractivity contribution is 0.597. The molecule has 0 amide bonds. The SMILES string of the molecule is CCN(c1ccccc1Br)S(C)(=O)=O. The van der Waals surface area contributed by atoms with Gasteiger partial charge >= 0.3 is 0 Å². The van der Waals surface area contributed by atoms with E-state index in [1.54, 1.807) is 13.0 Å². The molecule has 78 valence electrons. The molecule has 0 saturated carbocycles. The molecule has 14 heavy (non-hydrogen) atoms. The molecular formula is C9H12BrNO2S. The van der Waals surface area contributed by atoms with Crippen molar-refractivity contribution in [3.05, 3.63) is 28.7 Å². The van der Waals surface area contributed by atoms with Crippen LogP contribution in [0.2, 0.25) is 0 Å². The molecule has 0 aromatic heterocycles. The Morgan fingerprint density at radius 1 is 1.36 bits per heavy atom. The molecule has 1 aromatic carbocycles. The minimum absolute atomic E-state index is 0.432. The summed E-state index contributed by atoms with van der Waals surface area (Å²) in [7, 11) is -3.19. The zero-order valence-electron chi connectivity index (χ0n) is 8.07. The van der Waals surface area contributed by atoms with Gasteiger partial charge in [0.1, 0.15) is 0 Å². The van der Waals surface area contributed by atoms with Crippen LogP contribution in [0.25, 0.3) is 0 Å². The summed E-state index contributed by atoms with van der Waals surface area (Å²) in [4.78, 5) is 0. The van der Waals surface area contributed by atoms with Crippen molar-refractivity contribution in [3.63, 3.8) is 0 Å². The van der Waals surface area contributed by atoms with E-state index in [-0.39, 0.29) is 0 Å². The average Bonchev–Trinajstić information content (AvgIpc) is 2.07. The first kappa shape index (κ1) is 11.5. The normalized spacial score (nSPS) is 11.4. The average molecular weight is 278 g/mol. The summed E-state index contributed by atoms with van der Waals surface area (Å²) in [5.41, 5.74) is 0.678. The zero-order chi connectivity index (χ0) is 10.8. The third-order valence-corrected chi connectivity index (χ3v) is 3.73. The summed E-state index contributed by atoms with van der Waals surface area (Å²) in [6.45, 7) is 2.24. The largest absolute Gasteiger partial charge is 0.270 e. The second kappa shape index (κ2) is 4.31. The summed E-state index contributed by atoms with van der Waals surface area (Å²) in [6, 6.07) is 7.26. The molecule has 0 N–H and O–H groups in total. The van der Waals surface area contributed by atoms with Crippen molar-refractivity contribution in [3.8, 4) is 0 Å². The van der Waals surface area contributed by atoms with E-state index in [0.29, 0.717) is 12.2 Å². The van der Waals surface area contributed by atoms with Crippen molar-refractivity contribution in [2.75, 3.05) is 17.1 Å². The van der Waals surface area contributed by atoms with Crippen LogP contribution >= 0.6 is 15.9 Å². The van der Waals surface area contributed by atoms with Crippen molar-refractivity contribution in [1.29, 1.82) is 0 Å². The van der Waals surface area contributed by atoms with Gasteiger partial charge in [-0.1, -0.05) is 12.1 Å². The van der Waals surface area contributed by atoms with Gasteiger partial charge in [0.05, 0.1) is 11.9 Å². The van der Waals surface area contributed by atoms with Gasteiger partial charge in [0.2, 0.25) is 10.0 Å². The molecule has 0 fully saturated rings. The molecule has 0 heterocycles. The van der Waals surface area contributed by atoms with Crippen LogP contribution in [-0.2, 0) is 10.0 Å². The molecule has 0 atom stereocenters. The van der Waals surface area contributed by atoms with Crippen molar-refractivity contribution in [1.82, 2.24) is 0 Å². The number of rotatable bonds is 3. The van der Waals surface area contributed by atoms with Gasteiger partial charge in [-0.2, -0.15) is 0 Å². The lowest BCUT2D eigenvalue weighted by Gasteiger charge is -2.21. The van der Waals surface area contributed by atoms with Gasteiger partial charge in [0.25, 0.3) is 0 Å². The van der Waals surface area contributed by atoms with Crippen LogP contribution in [0, 0.1) is 0 Å². The van der Waals surface area contributed by atoms with Gasteiger partial charge in [-0.25, -0.2) is 8.42 Å². The lowest BCUT2D eigenvalue weighted by atomic mass is 10.3. The number of para-hydroxylation sites is 1. The van der Waals surface area contributed by atoms with Crippen molar-refractivity contribution in [2.24, 2.45) is 0 Å². The minimum atomic E-state index is -3.19. The molecular weight excluding hydrogens is 266 g/mol. The van der Waals surface area contributed by atoms with Crippen LogP contribution in [0.5, 0.6) is 0 Å². The van der Waals surface area contributed by atoms with E-state index in [9.17, 15) is 8.42 Å². The maximum absolute atomic E-state index is 11.4. The Labute approximate surface area is 92.9 Å². The molecule has 3 nitrogen and oxygen atoms in total. The van der Waals surface area contributed by atoms with Gasteiger partial charge in [-0.3, -0.25) is 4.31 Å². The van der Waals surface area contributed by atoms with Crippen molar-refractivity contribution < 1.29 is 8.42 Å². The number of anilines is 1. The predicted molar refractivity (Wildman–Crippen MR) is 62.0 cm³/mol. The first-order chi connectivity index (χ1) is 6.46. The Morgan fingerprint density at radius 2 is 1.93 bits per heavy atom. The molecule has 0 radical (unpaired) electrons. The van der Waals surface area contributed by atoms with E-state index in [4.69, 9.17) is 0 Å². The summed E-state index contributed by atoms with van der Waals surface area (Å²) in [6.07, 6.45) is 1.20. The third kappa shape index (κ3) is 2.48. The number of hydrogen-bond donors (Lipinski definition) is 0. The monoisotopic (exact) mass is 277 g/mol. The smallest absolute Gasteiger partial charge is 0.232 e. The van der Waals surface area contributed by atoms with E-state index >= 15 is 0 Å². The number of hydrogen-bond acceptors (Lipinski definition) is 2. The fraction of sp³-hybridized carbons (Fsp3) is 0.333. The van der Waals surface area contributed by atoms with Gasteiger partial charge in [0, 0.05) is 11.0 Å². The highest BCUT2D eigenvalue weighted by atomic mass is 79.9. The Bertz CT molecular complexity index is 417. The quantitative estimate of drug-likeness (QED) is 0.850. The molecule has 5 heteroatoms. The maximum atomic E-state index is 11.4. The lowest BCUT2D eigenvalue weighted by Crippen LogP contribution is -2.29. The van der Waals surface area contributed by atoms with Crippen LogP contribution < -0.4 is 4.31 Å². The molecule has 1 rings (SSSR count). The van der Waals surface area contributed by atoms with Crippen molar-refractivity contribution >= 4 is 31.6 Å². The number of halogens is 1. The molecule has 0 aliphatic heterocycles. The number of benzene rings is 1. The second-order valence-corrected chi connectivity index (χ2v) is 5.64. The predicted octanol–water partition coefficient (Wildman–Crippen LogP) is 2.24. The fourth-order valence-electron chi connectivity index (χ4n) is 1.24. The third-order valence-electron chi connectivity index (χ3n) is 1.81. The van der Waals surface area contributed by atoms with Gasteiger partial charge in [-0.15, -0.1) is 0 Å². The summed E-state index contributed by atoms with van der Waals surface area (Å²) < 4.78 is 25.0. The van der Waals surface area contributed by atoms with Crippen LogP contribution in [0.4, 0.5) is 5.69 Å². The molecule has 0 spiro atoms. The van der Waals surface area contributed by atoms with E-state index in [2.05, 4.69) is 15.9 Å². The number of nitrogens with zero attached hydrogens (tertiary/aromatic N) is 1. The Balaban J connectivity index is 3.21. The molecule has 0 aliphatic carbocycles. The Kier molecular flexibility index (Phi) is 3.55.